The maximum atomic E-state index is 14.1. The van der Waals surface area contributed by atoms with E-state index < -0.39 is 30.2 Å². The van der Waals surface area contributed by atoms with Gasteiger partial charge in [0.25, 0.3) is 5.92 Å². The third kappa shape index (κ3) is 6.11. The summed E-state index contributed by atoms with van der Waals surface area (Å²) < 4.78 is 33.6. The molecule has 0 unspecified atom stereocenters. The average Bonchev–Trinajstić information content (AvgIpc) is 2.62. The predicted molar refractivity (Wildman–Crippen MR) is 99.7 cm³/mol. The van der Waals surface area contributed by atoms with Gasteiger partial charge in [-0.25, -0.2) is 8.78 Å². The summed E-state index contributed by atoms with van der Waals surface area (Å²) in [5.41, 5.74) is 0. The molecule has 0 aromatic carbocycles. The summed E-state index contributed by atoms with van der Waals surface area (Å²) in [6.07, 6.45) is 10.7. The fraction of sp³-hybridized carbons (Fsp3) is 0.762. The van der Waals surface area contributed by atoms with E-state index in [0.29, 0.717) is 25.7 Å². The first kappa shape index (κ1) is 22.0. The molecule has 0 amide bonds. The van der Waals surface area contributed by atoms with Gasteiger partial charge in [0.15, 0.2) is 0 Å². The van der Waals surface area contributed by atoms with Crippen molar-refractivity contribution in [2.24, 2.45) is 11.8 Å². The van der Waals surface area contributed by atoms with Crippen LogP contribution in [0.25, 0.3) is 0 Å². The van der Waals surface area contributed by atoms with Gasteiger partial charge in [-0.05, 0) is 38.0 Å². The number of hydrogen-bond donors (Lipinski definition) is 2. The zero-order valence-corrected chi connectivity index (χ0v) is 16.0. The van der Waals surface area contributed by atoms with Crippen molar-refractivity contribution in [1.82, 2.24) is 0 Å². The Balaban J connectivity index is 1.88. The first-order chi connectivity index (χ1) is 12.9. The van der Waals surface area contributed by atoms with Crippen molar-refractivity contribution in [3.05, 3.63) is 24.3 Å². The van der Waals surface area contributed by atoms with E-state index in [-0.39, 0.29) is 24.7 Å². The molecule has 154 valence electrons. The second-order valence-electron chi connectivity index (χ2n) is 7.72. The van der Waals surface area contributed by atoms with Crippen LogP contribution in [0.4, 0.5) is 8.78 Å². The third-order valence-electron chi connectivity index (χ3n) is 5.56. The molecule has 3 aliphatic rings. The zero-order valence-electron chi connectivity index (χ0n) is 16.0. The molecule has 2 saturated heterocycles. The van der Waals surface area contributed by atoms with Crippen molar-refractivity contribution in [1.29, 1.82) is 0 Å². The van der Waals surface area contributed by atoms with Crippen LogP contribution in [-0.2, 0) is 9.53 Å². The van der Waals surface area contributed by atoms with Gasteiger partial charge in [0.2, 0.25) is 0 Å². The van der Waals surface area contributed by atoms with Crippen LogP contribution in [0.3, 0.4) is 0 Å². The first-order valence-electron chi connectivity index (χ1n) is 10.1. The normalized spacial score (nSPS) is 30.5. The van der Waals surface area contributed by atoms with Gasteiger partial charge in [0, 0.05) is 12.3 Å². The standard InChI is InChI=1S/C21H32F2O4/c1-2-3-6-9-16(24)13-12-15-14-18-21(22,23)20(27-18)17(15)10-7-4-5-8-11-19(25)26/h4,7,12-13,15-18,20,24H,2-3,5-6,8-11,14H2,1H3,(H,25,26)/b7-4-,13-12+/t15-,16-,17+,18-,20+/m0/s1. The summed E-state index contributed by atoms with van der Waals surface area (Å²) in [5, 5.41) is 18.7. The number of alkyl halides is 2. The summed E-state index contributed by atoms with van der Waals surface area (Å²) in [7, 11) is 0. The minimum Gasteiger partial charge on any atom is -0.481 e. The minimum atomic E-state index is -2.77. The largest absolute Gasteiger partial charge is 0.481 e. The molecule has 1 saturated carbocycles. The molecular formula is C21H32F2O4. The van der Waals surface area contributed by atoms with E-state index in [1.54, 1.807) is 6.08 Å². The molecule has 0 aromatic rings. The van der Waals surface area contributed by atoms with Crippen molar-refractivity contribution in [3.63, 3.8) is 0 Å². The van der Waals surface area contributed by atoms with Crippen LogP contribution in [0.1, 0.15) is 64.7 Å². The molecule has 2 aliphatic heterocycles. The van der Waals surface area contributed by atoms with Crippen molar-refractivity contribution in [2.75, 3.05) is 0 Å². The Bertz CT molecular complexity index is 532. The molecule has 0 radical (unpaired) electrons. The van der Waals surface area contributed by atoms with Gasteiger partial charge in [-0.1, -0.05) is 50.5 Å². The van der Waals surface area contributed by atoms with Gasteiger partial charge < -0.3 is 14.9 Å². The molecule has 1 aliphatic carbocycles. The lowest BCUT2D eigenvalue weighted by molar-refractivity contribution is -0.358. The molecule has 6 heteroatoms. The fourth-order valence-corrected chi connectivity index (χ4v) is 3.95. The third-order valence-corrected chi connectivity index (χ3v) is 5.56. The van der Waals surface area contributed by atoms with E-state index in [0.717, 1.165) is 19.3 Å². The van der Waals surface area contributed by atoms with Crippen LogP contribution in [0.2, 0.25) is 0 Å². The number of carboxylic acid groups (broad SMARTS) is 1. The Labute approximate surface area is 160 Å². The van der Waals surface area contributed by atoms with Crippen LogP contribution >= 0.6 is 0 Å². The number of aliphatic carboxylic acids is 1. The van der Waals surface area contributed by atoms with E-state index in [4.69, 9.17) is 9.84 Å². The smallest absolute Gasteiger partial charge is 0.303 e. The second kappa shape index (κ2) is 10.3. The van der Waals surface area contributed by atoms with Crippen LogP contribution in [0, 0.1) is 11.8 Å². The van der Waals surface area contributed by atoms with Gasteiger partial charge >= 0.3 is 5.97 Å². The molecule has 0 aromatic heterocycles. The molecule has 3 fully saturated rings. The Hall–Kier alpha value is -1.27. The van der Waals surface area contributed by atoms with Crippen LogP contribution in [0.5, 0.6) is 0 Å². The quantitative estimate of drug-likeness (QED) is 0.376. The Morgan fingerprint density at radius 3 is 2.74 bits per heavy atom. The fourth-order valence-electron chi connectivity index (χ4n) is 3.95. The number of aliphatic hydroxyl groups is 1. The molecule has 0 spiro atoms. The molecule has 2 N–H and O–H groups in total. The lowest BCUT2D eigenvalue weighted by Gasteiger charge is -2.55. The lowest BCUT2D eigenvalue weighted by atomic mass is 9.68. The second-order valence-corrected chi connectivity index (χ2v) is 7.72. The summed E-state index contributed by atoms with van der Waals surface area (Å²) in [6.45, 7) is 2.11. The molecule has 3 rings (SSSR count). The van der Waals surface area contributed by atoms with Gasteiger partial charge in [0.1, 0.15) is 12.2 Å². The number of unbranched alkanes of at least 4 members (excludes halogenated alkanes) is 3. The summed E-state index contributed by atoms with van der Waals surface area (Å²) >= 11 is 0. The highest BCUT2D eigenvalue weighted by molar-refractivity contribution is 5.66. The van der Waals surface area contributed by atoms with Crippen LogP contribution < -0.4 is 0 Å². The van der Waals surface area contributed by atoms with Gasteiger partial charge in [-0.15, -0.1) is 0 Å². The highest BCUT2D eigenvalue weighted by Gasteiger charge is 2.66. The van der Waals surface area contributed by atoms with Crippen molar-refractivity contribution < 1.29 is 28.5 Å². The number of aliphatic hydroxyl groups excluding tert-OH is 1. The number of halogens is 2. The maximum absolute atomic E-state index is 14.1. The number of carbonyl (C=O) groups is 1. The van der Waals surface area contributed by atoms with E-state index in [9.17, 15) is 18.7 Å². The molecular weight excluding hydrogens is 354 g/mol. The Morgan fingerprint density at radius 2 is 2.07 bits per heavy atom. The van der Waals surface area contributed by atoms with Gasteiger partial charge in [-0.3, -0.25) is 4.79 Å². The first-order valence-corrected chi connectivity index (χ1v) is 10.1. The van der Waals surface area contributed by atoms with Crippen molar-refractivity contribution in [2.45, 2.75) is 88.9 Å². The van der Waals surface area contributed by atoms with Crippen molar-refractivity contribution in [3.8, 4) is 0 Å². The summed E-state index contributed by atoms with van der Waals surface area (Å²) in [4.78, 5) is 10.5. The van der Waals surface area contributed by atoms with E-state index in [1.165, 1.54) is 0 Å². The summed E-state index contributed by atoms with van der Waals surface area (Å²) in [6, 6.07) is 0. The highest BCUT2D eigenvalue weighted by atomic mass is 19.3. The number of hydrogen-bond acceptors (Lipinski definition) is 3. The van der Waals surface area contributed by atoms with Gasteiger partial charge in [-0.2, -0.15) is 0 Å². The van der Waals surface area contributed by atoms with Crippen LogP contribution in [-0.4, -0.2) is 40.4 Å². The maximum Gasteiger partial charge on any atom is 0.303 e. The van der Waals surface area contributed by atoms with E-state index >= 15 is 0 Å². The Kier molecular flexibility index (Phi) is 8.42. The van der Waals surface area contributed by atoms with Crippen LogP contribution in [0.15, 0.2) is 24.3 Å². The van der Waals surface area contributed by atoms with Crippen molar-refractivity contribution >= 4 is 5.97 Å². The number of rotatable bonds is 12. The zero-order chi connectivity index (χ0) is 19.9. The molecule has 2 bridgehead atoms. The lowest BCUT2D eigenvalue weighted by Crippen LogP contribution is -2.68. The van der Waals surface area contributed by atoms with E-state index in [2.05, 4.69) is 6.92 Å². The monoisotopic (exact) mass is 386 g/mol. The SMILES string of the molecule is CCCCC[C@H](O)/C=C/[C@H]1C[C@@H]2O[C@H]([C@@H]1C/C=C\CCCC(=O)O)C2(F)F. The average molecular weight is 386 g/mol. The number of carboxylic acids is 1. The minimum absolute atomic E-state index is 0.0298. The predicted octanol–water partition coefficient (Wildman–Crippen LogP) is 4.72. The topological polar surface area (TPSA) is 66.8 Å². The summed E-state index contributed by atoms with van der Waals surface area (Å²) in [5.74, 6) is -3.95. The van der Waals surface area contributed by atoms with Gasteiger partial charge in [0.05, 0.1) is 6.10 Å². The van der Waals surface area contributed by atoms with E-state index in [1.807, 2.05) is 18.2 Å². The highest BCUT2D eigenvalue weighted by Crippen LogP contribution is 2.53. The number of ether oxygens (including phenoxy) is 1. The number of fused-ring (bicyclic) bond motifs is 2. The molecule has 4 nitrogen and oxygen atoms in total. The Morgan fingerprint density at radius 1 is 1.30 bits per heavy atom. The molecule has 5 atom stereocenters. The molecule has 2 heterocycles. The number of allylic oxidation sites excluding steroid dienone is 3. The molecule has 27 heavy (non-hydrogen) atoms.